The standard InChI is InChI=1S/C19H20ClN3O5/c1-27-15-9-13(10-16(11-15)28-2)19(26)23-22-17(24)7-8-21-18(25)12-3-5-14(20)6-4-12/h3-6,9-11H,7-8H2,1-2H3,(H,21,25)(H,22,24)(H,23,26). The van der Waals surface area contributed by atoms with Crippen LogP contribution >= 0.6 is 11.6 Å². The molecule has 2 rings (SSSR count). The van der Waals surface area contributed by atoms with E-state index in [2.05, 4.69) is 16.2 Å². The fourth-order valence-corrected chi connectivity index (χ4v) is 2.32. The third-order valence-corrected chi connectivity index (χ3v) is 3.93. The number of hydrogen-bond donors (Lipinski definition) is 3. The summed E-state index contributed by atoms with van der Waals surface area (Å²) in [7, 11) is 2.94. The molecule has 0 aliphatic carbocycles. The fourth-order valence-electron chi connectivity index (χ4n) is 2.19. The zero-order chi connectivity index (χ0) is 20.5. The third kappa shape index (κ3) is 6.17. The summed E-state index contributed by atoms with van der Waals surface area (Å²) in [5, 5.41) is 3.14. The van der Waals surface area contributed by atoms with Crippen molar-refractivity contribution in [3.05, 3.63) is 58.6 Å². The van der Waals surface area contributed by atoms with Gasteiger partial charge >= 0.3 is 0 Å². The molecule has 0 radical (unpaired) electrons. The van der Waals surface area contributed by atoms with E-state index in [1.165, 1.54) is 26.4 Å². The Hall–Kier alpha value is -3.26. The molecule has 0 unspecified atom stereocenters. The molecule has 2 aromatic carbocycles. The Bertz CT molecular complexity index is 833. The predicted molar refractivity (Wildman–Crippen MR) is 104 cm³/mol. The summed E-state index contributed by atoms with van der Waals surface area (Å²) in [5.74, 6) is -0.422. The minimum absolute atomic E-state index is 0.0129. The van der Waals surface area contributed by atoms with Crippen LogP contribution in [0.3, 0.4) is 0 Å². The van der Waals surface area contributed by atoms with E-state index >= 15 is 0 Å². The Morgan fingerprint density at radius 2 is 1.46 bits per heavy atom. The summed E-state index contributed by atoms with van der Waals surface area (Å²) in [5.41, 5.74) is 5.28. The van der Waals surface area contributed by atoms with Crippen LogP contribution in [0.1, 0.15) is 27.1 Å². The summed E-state index contributed by atoms with van der Waals surface area (Å²) in [6.07, 6.45) is -0.0129. The average Bonchev–Trinajstić information content (AvgIpc) is 2.71. The van der Waals surface area contributed by atoms with Gasteiger partial charge in [0.15, 0.2) is 0 Å². The van der Waals surface area contributed by atoms with E-state index in [0.29, 0.717) is 22.1 Å². The highest BCUT2D eigenvalue weighted by Crippen LogP contribution is 2.22. The second kappa shape index (κ2) is 10.2. The van der Waals surface area contributed by atoms with Crippen LogP contribution in [-0.4, -0.2) is 38.5 Å². The number of methoxy groups -OCH3 is 2. The predicted octanol–water partition coefficient (Wildman–Crippen LogP) is 1.94. The van der Waals surface area contributed by atoms with Gasteiger partial charge in [-0.2, -0.15) is 0 Å². The lowest BCUT2D eigenvalue weighted by Gasteiger charge is -2.10. The molecule has 0 aliphatic heterocycles. The molecule has 0 aromatic heterocycles. The second-order valence-electron chi connectivity index (χ2n) is 5.62. The lowest BCUT2D eigenvalue weighted by Crippen LogP contribution is -2.42. The number of nitrogens with one attached hydrogen (secondary N) is 3. The van der Waals surface area contributed by atoms with Gasteiger partial charge in [-0.1, -0.05) is 11.6 Å². The van der Waals surface area contributed by atoms with E-state index in [0.717, 1.165) is 0 Å². The quantitative estimate of drug-likeness (QED) is 0.610. The van der Waals surface area contributed by atoms with Crippen molar-refractivity contribution >= 4 is 29.3 Å². The molecule has 0 saturated carbocycles. The van der Waals surface area contributed by atoms with Crippen LogP contribution in [0.5, 0.6) is 11.5 Å². The molecule has 148 valence electrons. The number of hydrogen-bond acceptors (Lipinski definition) is 5. The lowest BCUT2D eigenvalue weighted by atomic mass is 10.2. The Morgan fingerprint density at radius 3 is 2.04 bits per heavy atom. The SMILES string of the molecule is COc1cc(OC)cc(C(=O)NNC(=O)CCNC(=O)c2ccc(Cl)cc2)c1. The zero-order valence-electron chi connectivity index (χ0n) is 15.4. The summed E-state index contributed by atoms with van der Waals surface area (Å²) < 4.78 is 10.2. The number of halogens is 1. The van der Waals surface area contributed by atoms with Crippen molar-refractivity contribution in [3.8, 4) is 11.5 Å². The van der Waals surface area contributed by atoms with Crippen LogP contribution in [0.2, 0.25) is 5.02 Å². The van der Waals surface area contributed by atoms with E-state index in [1.54, 1.807) is 30.3 Å². The molecule has 3 N–H and O–H groups in total. The number of amides is 3. The van der Waals surface area contributed by atoms with Crippen LogP contribution in [0.4, 0.5) is 0 Å². The number of ether oxygens (including phenoxy) is 2. The number of hydrazine groups is 1. The van der Waals surface area contributed by atoms with Gasteiger partial charge in [0.05, 0.1) is 14.2 Å². The van der Waals surface area contributed by atoms with E-state index < -0.39 is 11.8 Å². The molecule has 3 amide bonds. The monoisotopic (exact) mass is 405 g/mol. The second-order valence-corrected chi connectivity index (χ2v) is 6.05. The molecule has 0 aliphatic rings. The maximum atomic E-state index is 12.2. The van der Waals surface area contributed by atoms with Crippen molar-refractivity contribution in [3.63, 3.8) is 0 Å². The topological polar surface area (TPSA) is 106 Å². The average molecular weight is 406 g/mol. The molecule has 0 atom stereocenters. The molecule has 9 heteroatoms. The Labute approximate surface area is 167 Å². The maximum absolute atomic E-state index is 12.2. The molecule has 2 aromatic rings. The largest absolute Gasteiger partial charge is 0.497 e. The molecule has 0 fully saturated rings. The van der Waals surface area contributed by atoms with Crippen molar-refractivity contribution in [1.82, 2.24) is 16.2 Å². The smallest absolute Gasteiger partial charge is 0.269 e. The first-order valence-corrected chi connectivity index (χ1v) is 8.66. The number of carbonyl (C=O) groups excluding carboxylic acids is 3. The maximum Gasteiger partial charge on any atom is 0.269 e. The minimum atomic E-state index is -0.532. The van der Waals surface area contributed by atoms with Crippen LogP contribution in [-0.2, 0) is 4.79 Å². The number of carbonyl (C=O) groups is 3. The molecule has 0 heterocycles. The minimum Gasteiger partial charge on any atom is -0.497 e. The highest BCUT2D eigenvalue weighted by molar-refractivity contribution is 6.30. The van der Waals surface area contributed by atoms with Gasteiger partial charge in [-0.25, -0.2) is 0 Å². The van der Waals surface area contributed by atoms with Crippen LogP contribution < -0.4 is 25.6 Å². The summed E-state index contributed by atoms with van der Waals surface area (Å²) in [6.45, 7) is 0.107. The Balaban J connectivity index is 1.78. The first kappa shape index (κ1) is 21.0. The van der Waals surface area contributed by atoms with Gasteiger partial charge in [0.2, 0.25) is 5.91 Å². The van der Waals surface area contributed by atoms with Crippen molar-refractivity contribution in [2.45, 2.75) is 6.42 Å². The molecule has 0 bridgehead atoms. The normalized spacial score (nSPS) is 9.96. The molecule has 8 nitrogen and oxygen atoms in total. The Morgan fingerprint density at radius 1 is 0.857 bits per heavy atom. The van der Waals surface area contributed by atoms with Gasteiger partial charge < -0.3 is 14.8 Å². The van der Waals surface area contributed by atoms with Gasteiger partial charge in [0.1, 0.15) is 11.5 Å². The van der Waals surface area contributed by atoms with E-state index in [9.17, 15) is 14.4 Å². The highest BCUT2D eigenvalue weighted by Gasteiger charge is 2.11. The fraction of sp³-hybridized carbons (Fsp3) is 0.211. The van der Waals surface area contributed by atoms with Gasteiger partial charge in [-0.15, -0.1) is 0 Å². The van der Waals surface area contributed by atoms with Gasteiger partial charge in [0.25, 0.3) is 11.8 Å². The summed E-state index contributed by atoms with van der Waals surface area (Å²) >= 11 is 5.77. The number of rotatable bonds is 7. The Kier molecular flexibility index (Phi) is 7.65. The van der Waals surface area contributed by atoms with Crippen molar-refractivity contribution in [2.75, 3.05) is 20.8 Å². The molecular formula is C19H20ClN3O5. The first-order valence-electron chi connectivity index (χ1n) is 8.29. The van der Waals surface area contributed by atoms with Crippen molar-refractivity contribution < 1.29 is 23.9 Å². The van der Waals surface area contributed by atoms with Crippen LogP contribution in [0.25, 0.3) is 0 Å². The zero-order valence-corrected chi connectivity index (χ0v) is 16.1. The van der Waals surface area contributed by atoms with Crippen LogP contribution in [0, 0.1) is 0 Å². The van der Waals surface area contributed by atoms with Gasteiger partial charge in [0, 0.05) is 35.2 Å². The summed E-state index contributed by atoms with van der Waals surface area (Å²) in [4.78, 5) is 35.9. The molecular weight excluding hydrogens is 386 g/mol. The van der Waals surface area contributed by atoms with Gasteiger partial charge in [-0.3, -0.25) is 25.2 Å². The third-order valence-electron chi connectivity index (χ3n) is 3.67. The van der Waals surface area contributed by atoms with E-state index in [-0.39, 0.29) is 24.4 Å². The van der Waals surface area contributed by atoms with Crippen molar-refractivity contribution in [2.24, 2.45) is 0 Å². The number of benzene rings is 2. The first-order chi connectivity index (χ1) is 13.4. The van der Waals surface area contributed by atoms with Gasteiger partial charge in [-0.05, 0) is 36.4 Å². The molecule has 0 spiro atoms. The molecule has 0 saturated heterocycles. The van der Waals surface area contributed by atoms with Crippen molar-refractivity contribution in [1.29, 1.82) is 0 Å². The van der Waals surface area contributed by atoms with Crippen LogP contribution in [0.15, 0.2) is 42.5 Å². The summed E-state index contributed by atoms with van der Waals surface area (Å²) in [6, 6.07) is 11.0. The lowest BCUT2D eigenvalue weighted by molar-refractivity contribution is -0.121. The highest BCUT2D eigenvalue weighted by atomic mass is 35.5. The molecule has 28 heavy (non-hydrogen) atoms. The van der Waals surface area contributed by atoms with E-state index in [1.807, 2.05) is 0 Å². The van der Waals surface area contributed by atoms with E-state index in [4.69, 9.17) is 21.1 Å².